The van der Waals surface area contributed by atoms with Crippen molar-refractivity contribution in [3.05, 3.63) is 46.5 Å². The summed E-state index contributed by atoms with van der Waals surface area (Å²) < 4.78 is 10.7. The third-order valence-corrected chi connectivity index (χ3v) is 3.89. The Hall–Kier alpha value is -1.90. The van der Waals surface area contributed by atoms with Crippen LogP contribution in [0.25, 0.3) is 0 Å². The number of rotatable bonds is 4. The summed E-state index contributed by atoms with van der Waals surface area (Å²) in [4.78, 5) is 0. The van der Waals surface area contributed by atoms with Gasteiger partial charge in [-0.3, -0.25) is 0 Å². The molecule has 2 rings (SSSR count). The standard InChI is InChI=1S/C18H22BO2/c1-11-7-15(20-5)8-12(2)17(11)19-18-13(3)9-16(21-6)10-14(18)4/h7-10H,1-6H3. The van der Waals surface area contributed by atoms with E-state index in [4.69, 9.17) is 9.47 Å². The fourth-order valence-corrected chi connectivity index (χ4v) is 2.71. The van der Waals surface area contributed by atoms with E-state index in [0.717, 1.165) is 11.5 Å². The Morgan fingerprint density at radius 3 is 1.14 bits per heavy atom. The van der Waals surface area contributed by atoms with Crippen LogP contribution in [-0.4, -0.2) is 21.5 Å². The van der Waals surface area contributed by atoms with Crippen molar-refractivity contribution >= 4 is 18.2 Å². The van der Waals surface area contributed by atoms with Crippen LogP contribution in [0.3, 0.4) is 0 Å². The monoisotopic (exact) mass is 281 g/mol. The number of hydrogen-bond donors (Lipinski definition) is 0. The van der Waals surface area contributed by atoms with E-state index in [1.807, 2.05) is 0 Å². The lowest BCUT2D eigenvalue weighted by molar-refractivity contribution is 0.414. The van der Waals surface area contributed by atoms with Crippen molar-refractivity contribution in [1.82, 2.24) is 0 Å². The summed E-state index contributed by atoms with van der Waals surface area (Å²) in [6, 6.07) is 8.31. The fourth-order valence-electron chi connectivity index (χ4n) is 2.71. The van der Waals surface area contributed by atoms with Crippen molar-refractivity contribution in [2.24, 2.45) is 0 Å². The van der Waals surface area contributed by atoms with Gasteiger partial charge in [0.05, 0.1) is 14.2 Å². The van der Waals surface area contributed by atoms with Crippen LogP contribution >= 0.6 is 0 Å². The topological polar surface area (TPSA) is 18.5 Å². The normalized spacial score (nSPS) is 10.4. The Kier molecular flexibility index (Phi) is 4.61. The first kappa shape index (κ1) is 15.5. The van der Waals surface area contributed by atoms with E-state index in [9.17, 15) is 0 Å². The highest BCUT2D eigenvalue weighted by Crippen LogP contribution is 2.16. The molecular weight excluding hydrogens is 259 g/mol. The van der Waals surface area contributed by atoms with Crippen LogP contribution in [0.4, 0.5) is 0 Å². The van der Waals surface area contributed by atoms with E-state index in [1.54, 1.807) is 14.2 Å². The Bertz CT molecular complexity index is 559. The van der Waals surface area contributed by atoms with Crippen molar-refractivity contribution in [1.29, 1.82) is 0 Å². The zero-order valence-electron chi connectivity index (χ0n) is 13.7. The average Bonchev–Trinajstić information content (AvgIpc) is 2.44. The van der Waals surface area contributed by atoms with Crippen LogP contribution < -0.4 is 20.4 Å². The predicted octanol–water partition coefficient (Wildman–Crippen LogP) is 2.59. The Morgan fingerprint density at radius 1 is 0.619 bits per heavy atom. The molecule has 0 N–H and O–H groups in total. The van der Waals surface area contributed by atoms with E-state index in [2.05, 4.69) is 59.2 Å². The first-order valence-electron chi connectivity index (χ1n) is 7.11. The maximum absolute atomic E-state index is 5.33. The van der Waals surface area contributed by atoms with Crippen LogP contribution in [0.5, 0.6) is 11.5 Å². The second kappa shape index (κ2) is 6.25. The number of aryl methyl sites for hydroxylation is 4. The molecule has 1 radical (unpaired) electrons. The van der Waals surface area contributed by atoms with E-state index in [-0.39, 0.29) is 0 Å². The highest BCUT2D eigenvalue weighted by Gasteiger charge is 2.12. The Labute approximate surface area is 128 Å². The molecule has 0 spiro atoms. The quantitative estimate of drug-likeness (QED) is 0.802. The molecule has 0 saturated carbocycles. The minimum atomic E-state index is 0.908. The largest absolute Gasteiger partial charge is 0.497 e. The first-order chi connectivity index (χ1) is 9.96. The molecule has 2 aromatic rings. The van der Waals surface area contributed by atoms with Gasteiger partial charge >= 0.3 is 0 Å². The highest BCUT2D eigenvalue weighted by atomic mass is 16.5. The molecule has 0 aliphatic carbocycles. The molecule has 21 heavy (non-hydrogen) atoms. The van der Waals surface area contributed by atoms with Gasteiger partial charge in [-0.25, -0.2) is 0 Å². The van der Waals surface area contributed by atoms with Crippen LogP contribution in [0.1, 0.15) is 22.3 Å². The maximum atomic E-state index is 5.33. The second-order valence-corrected chi connectivity index (χ2v) is 5.49. The van der Waals surface area contributed by atoms with E-state index < -0.39 is 0 Å². The van der Waals surface area contributed by atoms with Gasteiger partial charge < -0.3 is 9.47 Å². The molecule has 0 aliphatic rings. The minimum absolute atomic E-state index is 0.908. The van der Waals surface area contributed by atoms with Gasteiger partial charge in [0.2, 0.25) is 0 Å². The molecule has 0 aromatic heterocycles. The van der Waals surface area contributed by atoms with Gasteiger partial charge in [-0.1, -0.05) is 33.2 Å². The van der Waals surface area contributed by atoms with Crippen molar-refractivity contribution in [2.75, 3.05) is 14.2 Å². The fraction of sp³-hybridized carbons (Fsp3) is 0.333. The molecular formula is C18H22BO2. The molecule has 2 aromatic carbocycles. The molecule has 0 fully saturated rings. The molecule has 3 heteroatoms. The summed E-state index contributed by atoms with van der Waals surface area (Å²) in [7, 11) is 5.67. The minimum Gasteiger partial charge on any atom is -0.497 e. The molecule has 0 aliphatic heterocycles. The Morgan fingerprint density at radius 2 is 0.905 bits per heavy atom. The lowest BCUT2D eigenvalue weighted by atomic mass is 9.58. The highest BCUT2D eigenvalue weighted by molar-refractivity contribution is 6.69. The van der Waals surface area contributed by atoms with E-state index in [1.165, 1.54) is 33.2 Å². The summed E-state index contributed by atoms with van der Waals surface area (Å²) >= 11 is 0. The smallest absolute Gasteiger partial charge is 0.192 e. The van der Waals surface area contributed by atoms with Crippen molar-refractivity contribution in [2.45, 2.75) is 27.7 Å². The van der Waals surface area contributed by atoms with E-state index in [0.29, 0.717) is 0 Å². The number of methoxy groups -OCH3 is 2. The SMILES string of the molecule is COc1cc(C)c([B]c2c(C)cc(OC)cc2C)c(C)c1. The zero-order chi connectivity index (χ0) is 15.6. The van der Waals surface area contributed by atoms with Gasteiger partial charge in [0.15, 0.2) is 7.28 Å². The summed E-state index contributed by atoms with van der Waals surface area (Å²) in [6.07, 6.45) is 0. The number of benzene rings is 2. The molecule has 0 amide bonds. The van der Waals surface area contributed by atoms with Crippen LogP contribution in [0, 0.1) is 27.7 Å². The molecule has 2 nitrogen and oxygen atoms in total. The lowest BCUT2D eigenvalue weighted by Crippen LogP contribution is -2.34. The van der Waals surface area contributed by atoms with Gasteiger partial charge in [-0.15, -0.1) is 0 Å². The second-order valence-electron chi connectivity index (χ2n) is 5.49. The maximum Gasteiger partial charge on any atom is 0.192 e. The third-order valence-electron chi connectivity index (χ3n) is 3.89. The number of hydrogen-bond acceptors (Lipinski definition) is 2. The van der Waals surface area contributed by atoms with Gasteiger partial charge in [-0.2, -0.15) is 0 Å². The molecule has 0 unspecified atom stereocenters. The lowest BCUT2D eigenvalue weighted by Gasteiger charge is -2.16. The molecule has 0 saturated heterocycles. The van der Waals surface area contributed by atoms with Gasteiger partial charge in [-0.05, 0) is 52.0 Å². The molecule has 0 atom stereocenters. The summed E-state index contributed by atoms with van der Waals surface area (Å²) in [6.45, 7) is 8.48. The zero-order valence-corrected chi connectivity index (χ0v) is 13.7. The Balaban J connectivity index is 2.43. The molecule has 109 valence electrons. The van der Waals surface area contributed by atoms with Crippen LogP contribution in [0.2, 0.25) is 0 Å². The van der Waals surface area contributed by atoms with Crippen LogP contribution in [0.15, 0.2) is 24.3 Å². The molecule has 0 heterocycles. The molecule has 0 bridgehead atoms. The predicted molar refractivity (Wildman–Crippen MR) is 90.0 cm³/mol. The van der Waals surface area contributed by atoms with Gasteiger partial charge in [0, 0.05) is 0 Å². The van der Waals surface area contributed by atoms with Gasteiger partial charge in [0.25, 0.3) is 0 Å². The number of ether oxygens (including phenoxy) is 2. The van der Waals surface area contributed by atoms with Crippen molar-refractivity contribution in [3.8, 4) is 11.5 Å². The summed E-state index contributed by atoms with van der Waals surface area (Å²) in [5.74, 6) is 1.82. The summed E-state index contributed by atoms with van der Waals surface area (Å²) in [5, 5.41) is 0. The van der Waals surface area contributed by atoms with Crippen molar-refractivity contribution < 1.29 is 9.47 Å². The third kappa shape index (κ3) is 3.23. The van der Waals surface area contributed by atoms with Crippen molar-refractivity contribution in [3.63, 3.8) is 0 Å². The average molecular weight is 281 g/mol. The van der Waals surface area contributed by atoms with Gasteiger partial charge in [0.1, 0.15) is 11.5 Å². The van der Waals surface area contributed by atoms with E-state index >= 15 is 0 Å². The van der Waals surface area contributed by atoms with Crippen LogP contribution in [-0.2, 0) is 0 Å². The summed E-state index contributed by atoms with van der Waals surface area (Å²) in [5.41, 5.74) is 7.41. The first-order valence-corrected chi connectivity index (χ1v) is 7.11.